The van der Waals surface area contributed by atoms with Gasteiger partial charge in [-0.15, -0.1) is 22.7 Å². The van der Waals surface area contributed by atoms with Crippen LogP contribution in [-0.2, 0) is 0 Å². The van der Waals surface area contributed by atoms with E-state index in [1.54, 1.807) is 22.7 Å². The minimum atomic E-state index is 0.387. The molecule has 6 aromatic heterocycles. The maximum Gasteiger partial charge on any atom is 0.238 e. The van der Waals surface area contributed by atoms with Crippen molar-refractivity contribution < 1.29 is 0 Å². The third kappa shape index (κ3) is 7.53. The summed E-state index contributed by atoms with van der Waals surface area (Å²) in [5.41, 5.74) is 17.1. The van der Waals surface area contributed by atoms with Crippen LogP contribution in [0.1, 0.15) is 5.56 Å². The first-order valence-electron chi connectivity index (χ1n) is 33.0. The monoisotopic (exact) mass is 1280 g/mol. The number of hydrogen-bond donors (Lipinski definition) is 0. The molecule has 0 aliphatic heterocycles. The van der Waals surface area contributed by atoms with Crippen LogP contribution in [0.5, 0.6) is 0 Å². The number of fused-ring (bicyclic) bond motifs is 21. The molecule has 0 N–H and O–H groups in total. The van der Waals surface area contributed by atoms with Crippen LogP contribution >= 0.6 is 22.7 Å². The zero-order valence-electron chi connectivity index (χ0n) is 52.4. The van der Waals surface area contributed by atoms with E-state index in [0.29, 0.717) is 34.0 Å². The van der Waals surface area contributed by atoms with E-state index in [-0.39, 0.29) is 0 Å². The van der Waals surface area contributed by atoms with Gasteiger partial charge in [0.25, 0.3) is 0 Å². The van der Waals surface area contributed by atoms with E-state index in [9.17, 15) is 11.8 Å². The number of thiophene rings is 2. The Labute approximate surface area is 568 Å². The van der Waals surface area contributed by atoms with Gasteiger partial charge >= 0.3 is 0 Å². The van der Waals surface area contributed by atoms with Crippen molar-refractivity contribution in [3.8, 4) is 62.2 Å². The summed E-state index contributed by atoms with van der Waals surface area (Å²) in [5.74, 6) is 0. The normalized spacial score (nSPS) is 12.1. The Morgan fingerprint density at radius 2 is 0.653 bits per heavy atom. The van der Waals surface area contributed by atoms with E-state index in [1.165, 1.54) is 10.1 Å². The molecule has 0 bridgehead atoms. The Morgan fingerprint density at radius 1 is 0.286 bits per heavy atom. The second-order valence-electron chi connectivity index (χ2n) is 25.5. The van der Waals surface area contributed by atoms with Crippen molar-refractivity contribution in [2.45, 2.75) is 0 Å². The van der Waals surface area contributed by atoms with E-state index >= 15 is 0 Å². The maximum absolute atomic E-state index is 13.6. The molecule has 0 aliphatic carbocycles. The van der Waals surface area contributed by atoms with Crippen LogP contribution in [0.2, 0.25) is 0 Å². The molecular formula is C90H50N6S2. The summed E-state index contributed by atoms with van der Waals surface area (Å²) in [6.45, 7) is 10.6. The summed E-state index contributed by atoms with van der Waals surface area (Å²) in [6, 6.07) is 112. The molecular weight excluding hydrogens is 1230 g/mol. The van der Waals surface area contributed by atoms with Gasteiger partial charge in [0.2, 0.25) is 5.69 Å². The first kappa shape index (κ1) is 54.6. The predicted octanol–water partition coefficient (Wildman–Crippen LogP) is 25.4. The molecule has 98 heavy (non-hydrogen) atoms. The fourth-order valence-electron chi connectivity index (χ4n) is 16.5. The van der Waals surface area contributed by atoms with E-state index < -0.39 is 0 Å². The topological polar surface area (TPSA) is 47.9 Å². The predicted molar refractivity (Wildman–Crippen MR) is 414 cm³/mol. The van der Waals surface area contributed by atoms with Crippen LogP contribution < -0.4 is 0 Å². The lowest BCUT2D eigenvalue weighted by molar-refractivity contribution is 1.04. The molecule has 0 amide bonds. The Kier molecular flexibility index (Phi) is 11.6. The van der Waals surface area contributed by atoms with Gasteiger partial charge in [-0.2, -0.15) is 5.26 Å². The number of aromatic nitrogens is 4. The zero-order chi connectivity index (χ0) is 64.4. The Hall–Kier alpha value is -12.8. The van der Waals surface area contributed by atoms with Gasteiger partial charge < -0.3 is 18.3 Å². The van der Waals surface area contributed by atoms with Crippen molar-refractivity contribution in [1.29, 1.82) is 5.26 Å². The first-order chi connectivity index (χ1) is 48.6. The fourth-order valence-corrected chi connectivity index (χ4v) is 19.0. The van der Waals surface area contributed by atoms with Gasteiger partial charge in [-0.1, -0.05) is 255 Å². The average molecular weight is 1280 g/mol. The molecule has 21 rings (SSSR count). The molecule has 0 unspecified atom stereocenters. The zero-order valence-corrected chi connectivity index (χ0v) is 54.0. The molecule has 0 atom stereocenters. The van der Waals surface area contributed by atoms with E-state index in [4.69, 9.17) is 4.85 Å². The second-order valence-corrected chi connectivity index (χ2v) is 27.6. The third-order valence-corrected chi connectivity index (χ3v) is 23.0. The maximum atomic E-state index is 13.6. The van der Waals surface area contributed by atoms with Crippen LogP contribution in [0.15, 0.2) is 303 Å². The molecule has 6 nitrogen and oxygen atoms in total. The van der Waals surface area contributed by atoms with Crippen LogP contribution in [0, 0.1) is 17.9 Å². The Bertz CT molecular complexity index is 7040. The lowest BCUT2D eigenvalue weighted by atomic mass is 9.94. The smallest absolute Gasteiger partial charge is 0.238 e. The van der Waals surface area contributed by atoms with Crippen molar-refractivity contribution in [2.24, 2.45) is 0 Å². The molecule has 0 fully saturated rings. The molecule has 0 saturated carbocycles. The lowest BCUT2D eigenvalue weighted by Gasteiger charge is -2.27. The van der Waals surface area contributed by atoms with Crippen molar-refractivity contribution in [3.63, 3.8) is 0 Å². The van der Waals surface area contributed by atoms with Crippen molar-refractivity contribution in [2.75, 3.05) is 0 Å². The highest BCUT2D eigenvalue weighted by molar-refractivity contribution is 7.27. The molecule has 0 aliphatic rings. The number of nitrogens with zero attached hydrogens (tertiary/aromatic N) is 6. The quantitative estimate of drug-likeness (QED) is 0.147. The van der Waals surface area contributed by atoms with Crippen LogP contribution in [-0.4, -0.2) is 18.3 Å². The van der Waals surface area contributed by atoms with Gasteiger partial charge in [0.1, 0.15) is 11.6 Å². The summed E-state index contributed by atoms with van der Waals surface area (Å²) < 4.78 is 14.0. The molecule has 0 radical (unpaired) electrons. The first-order valence-corrected chi connectivity index (χ1v) is 34.6. The largest absolute Gasteiger partial charge is 0.317 e. The standard InChI is InChI=1S/C90H50N6S2/c1-92-82-87(94-76-38-17-11-31-63(76)64-32-12-18-39-77(64)94)84(95-78-50-56(60-35-21-25-54-24-5-6-26-58(54)60)43-44-65(78)69-46-48-71-67-33-13-19-40-80(67)97-89(71)85(69)95)73(52-91)83(93-74-36-15-9-29-61(74)62-30-10-16-37-75(62)93)88(82)96-79-51-55(59-28-8-7-27-57(59)53-22-3-2-4-23-53)42-45-66(79)70-47-49-72-68-34-14-20-41-81(68)98-90(72)86(70)96/h2-51H. The minimum absolute atomic E-state index is 0.387. The number of hydrogen-bond acceptors (Lipinski definition) is 3. The number of nitriles is 1. The summed E-state index contributed by atoms with van der Waals surface area (Å²) in [6.07, 6.45) is 0. The average Bonchev–Trinajstić information content (AvgIpc) is 1.57. The fraction of sp³-hybridized carbons (Fsp3) is 0. The Morgan fingerprint density at radius 3 is 1.18 bits per heavy atom. The summed E-state index contributed by atoms with van der Waals surface area (Å²) >= 11 is 3.56. The molecule has 452 valence electrons. The van der Waals surface area contributed by atoms with Gasteiger partial charge in [0, 0.05) is 74.0 Å². The minimum Gasteiger partial charge on any atom is -0.317 e. The highest BCUT2D eigenvalue weighted by atomic mass is 32.1. The number of rotatable bonds is 7. The molecule has 15 aromatic carbocycles. The van der Waals surface area contributed by atoms with E-state index in [0.717, 1.165) is 162 Å². The second kappa shape index (κ2) is 20.8. The highest BCUT2D eigenvalue weighted by Gasteiger charge is 2.36. The van der Waals surface area contributed by atoms with Gasteiger partial charge in [-0.05, 0) is 92.7 Å². The van der Waals surface area contributed by atoms with Gasteiger partial charge in [0.15, 0.2) is 0 Å². The van der Waals surface area contributed by atoms with Crippen LogP contribution in [0.3, 0.4) is 0 Å². The van der Waals surface area contributed by atoms with Crippen molar-refractivity contribution in [1.82, 2.24) is 18.3 Å². The van der Waals surface area contributed by atoms with E-state index in [2.05, 4.69) is 328 Å². The van der Waals surface area contributed by atoms with Gasteiger partial charge in [-0.3, -0.25) is 0 Å². The van der Waals surface area contributed by atoms with Gasteiger partial charge in [-0.25, -0.2) is 4.85 Å². The van der Waals surface area contributed by atoms with E-state index in [1.807, 2.05) is 0 Å². The summed E-state index contributed by atoms with van der Waals surface area (Å²) in [5, 5.41) is 28.7. The molecule has 21 aromatic rings. The Balaban J connectivity index is 1.05. The third-order valence-electron chi connectivity index (χ3n) is 20.6. The number of para-hydroxylation sites is 4. The highest BCUT2D eigenvalue weighted by Crippen LogP contribution is 2.55. The van der Waals surface area contributed by atoms with Crippen LogP contribution in [0.25, 0.3) is 199 Å². The van der Waals surface area contributed by atoms with Crippen molar-refractivity contribution in [3.05, 3.63) is 320 Å². The summed E-state index contributed by atoms with van der Waals surface area (Å²) in [7, 11) is 0. The molecule has 0 spiro atoms. The number of benzene rings is 15. The molecule has 8 heteroatoms. The SMILES string of the molecule is [C-]#[N+]c1c(-n2c3ccccc3c3ccccc32)c(-n2c3cc(-c4cccc5ccccc45)ccc3c3ccc4c5ccccc5sc4c32)c(C#N)c(-n2c3ccccc3c3ccccc32)c1-n1c2cc(-c3ccccc3-c3ccccc3)ccc2c2ccc3c4ccccc4sc3c21. The van der Waals surface area contributed by atoms with Gasteiger partial charge in [0.05, 0.1) is 82.9 Å². The molecule has 0 saturated heterocycles. The lowest BCUT2D eigenvalue weighted by Crippen LogP contribution is -2.14. The van der Waals surface area contributed by atoms with Crippen LogP contribution in [0.4, 0.5) is 5.69 Å². The molecule has 6 heterocycles. The summed E-state index contributed by atoms with van der Waals surface area (Å²) in [4.78, 5) is 5.18. The van der Waals surface area contributed by atoms with Crippen molar-refractivity contribution >= 4 is 167 Å².